The summed E-state index contributed by atoms with van der Waals surface area (Å²) in [4.78, 5) is 32.6. The maximum Gasteiger partial charge on any atom is 0.338 e. The molecule has 0 N–H and O–H groups in total. The van der Waals surface area contributed by atoms with Gasteiger partial charge in [0.05, 0.1) is 28.5 Å². The second-order valence-electron chi connectivity index (χ2n) is 8.54. The summed E-state index contributed by atoms with van der Waals surface area (Å²) < 4.78 is 13.0. The van der Waals surface area contributed by atoms with E-state index in [-0.39, 0.29) is 18.8 Å². The number of aromatic nitrogens is 1. The summed E-state index contributed by atoms with van der Waals surface area (Å²) in [6, 6.07) is 23.0. The SMILES string of the molecule is C#CCOc1ccc(/C=c2\sc3n(c2=O)[C@H](c2ccc(Cl)cc2)C(C(=O)OCC)=C(c2ccccc2)N=3)cc1. The van der Waals surface area contributed by atoms with Gasteiger partial charge in [-0.1, -0.05) is 83.5 Å². The lowest BCUT2D eigenvalue weighted by Crippen LogP contribution is -2.40. The molecule has 0 spiro atoms. The van der Waals surface area contributed by atoms with Crippen LogP contribution >= 0.6 is 22.9 Å². The highest BCUT2D eigenvalue weighted by molar-refractivity contribution is 7.07. The lowest BCUT2D eigenvalue weighted by molar-refractivity contribution is -0.138. The molecular weight excluding hydrogens is 532 g/mol. The molecular formula is C31H23ClN2O4S. The van der Waals surface area contributed by atoms with Crippen molar-refractivity contribution in [2.24, 2.45) is 4.99 Å². The van der Waals surface area contributed by atoms with Gasteiger partial charge in [0.15, 0.2) is 4.80 Å². The van der Waals surface area contributed by atoms with Gasteiger partial charge in [-0.05, 0) is 48.4 Å². The Morgan fingerprint density at radius 1 is 1.10 bits per heavy atom. The summed E-state index contributed by atoms with van der Waals surface area (Å²) in [5.74, 6) is 2.54. The Kier molecular flexibility index (Phi) is 7.78. The molecule has 0 aliphatic carbocycles. The van der Waals surface area contributed by atoms with Crippen LogP contribution in [0.2, 0.25) is 5.02 Å². The van der Waals surface area contributed by atoms with E-state index in [4.69, 9.17) is 32.5 Å². The van der Waals surface area contributed by atoms with E-state index >= 15 is 0 Å². The first-order chi connectivity index (χ1) is 19.0. The maximum absolute atomic E-state index is 13.9. The topological polar surface area (TPSA) is 69.9 Å². The van der Waals surface area contributed by atoms with Crippen molar-refractivity contribution in [2.45, 2.75) is 13.0 Å². The lowest BCUT2D eigenvalue weighted by Gasteiger charge is -2.25. The third-order valence-electron chi connectivity index (χ3n) is 6.06. The van der Waals surface area contributed by atoms with Crippen molar-refractivity contribution >= 4 is 40.7 Å². The van der Waals surface area contributed by atoms with Crippen LogP contribution in [0.3, 0.4) is 0 Å². The van der Waals surface area contributed by atoms with Crippen molar-refractivity contribution in [3.05, 3.63) is 126 Å². The zero-order valence-electron chi connectivity index (χ0n) is 21.0. The number of hydrogen-bond donors (Lipinski definition) is 0. The van der Waals surface area contributed by atoms with Gasteiger partial charge in [-0.3, -0.25) is 9.36 Å². The number of hydrogen-bond acceptors (Lipinski definition) is 6. The molecule has 0 radical (unpaired) electrons. The van der Waals surface area contributed by atoms with Crippen LogP contribution in [0.15, 0.2) is 94.2 Å². The number of terminal acetylenes is 1. The average Bonchev–Trinajstić information content (AvgIpc) is 3.27. The van der Waals surface area contributed by atoms with E-state index in [1.807, 2.05) is 54.6 Å². The molecule has 8 heteroatoms. The molecule has 0 unspecified atom stereocenters. The molecule has 1 aliphatic rings. The molecule has 1 aromatic heterocycles. The van der Waals surface area contributed by atoms with E-state index in [0.29, 0.717) is 36.9 Å². The molecule has 0 fully saturated rings. The van der Waals surface area contributed by atoms with Gasteiger partial charge in [0.2, 0.25) is 0 Å². The molecule has 0 saturated heterocycles. The number of carbonyl (C=O) groups excluding carboxylic acids is 1. The normalized spacial score (nSPS) is 14.8. The fourth-order valence-electron chi connectivity index (χ4n) is 4.34. The molecule has 1 atom stereocenters. The quantitative estimate of drug-likeness (QED) is 0.247. The van der Waals surface area contributed by atoms with Crippen LogP contribution in [-0.2, 0) is 9.53 Å². The van der Waals surface area contributed by atoms with E-state index in [0.717, 1.165) is 11.1 Å². The van der Waals surface area contributed by atoms with Crippen LogP contribution in [0, 0.1) is 12.3 Å². The Morgan fingerprint density at radius 3 is 2.49 bits per heavy atom. The zero-order chi connectivity index (χ0) is 27.4. The smallest absolute Gasteiger partial charge is 0.338 e. The summed E-state index contributed by atoms with van der Waals surface area (Å²) >= 11 is 7.44. The van der Waals surface area contributed by atoms with Crippen molar-refractivity contribution in [3.63, 3.8) is 0 Å². The highest BCUT2D eigenvalue weighted by Gasteiger charge is 2.35. The van der Waals surface area contributed by atoms with Crippen LogP contribution < -0.4 is 19.6 Å². The first-order valence-electron chi connectivity index (χ1n) is 12.2. The Bertz CT molecular complexity index is 1760. The molecule has 5 rings (SSSR count). The first kappa shape index (κ1) is 26.2. The number of thiazole rings is 1. The molecule has 0 saturated carbocycles. The number of ether oxygens (including phenoxy) is 2. The van der Waals surface area contributed by atoms with Crippen LogP contribution in [0.25, 0.3) is 11.8 Å². The van der Waals surface area contributed by atoms with Crippen molar-refractivity contribution in [1.82, 2.24) is 4.57 Å². The van der Waals surface area contributed by atoms with Gasteiger partial charge < -0.3 is 9.47 Å². The Labute approximate surface area is 234 Å². The molecule has 6 nitrogen and oxygen atoms in total. The second-order valence-corrected chi connectivity index (χ2v) is 9.99. The number of nitrogens with zero attached hydrogens (tertiary/aromatic N) is 2. The van der Waals surface area contributed by atoms with E-state index in [2.05, 4.69) is 5.92 Å². The number of fused-ring (bicyclic) bond motifs is 1. The summed E-state index contributed by atoms with van der Waals surface area (Å²) in [6.07, 6.45) is 7.06. The van der Waals surface area contributed by atoms with E-state index in [1.54, 1.807) is 41.8 Å². The minimum atomic E-state index is -0.755. The second kappa shape index (κ2) is 11.6. The molecule has 4 aromatic rings. The standard InChI is InChI=1S/C31H23ClN2O4S/c1-3-18-38-24-16-10-20(11-17-24)19-25-29(35)34-28(22-12-14-23(32)15-13-22)26(30(36)37-4-2)27(33-31(34)39-25)21-8-6-5-7-9-21/h1,5-17,19,28H,4,18H2,2H3/b25-19-/t28-/m1/s1. The van der Waals surface area contributed by atoms with E-state index in [9.17, 15) is 9.59 Å². The van der Waals surface area contributed by atoms with Gasteiger partial charge in [-0.25, -0.2) is 9.79 Å². The molecule has 2 heterocycles. The van der Waals surface area contributed by atoms with Gasteiger partial charge in [-0.15, -0.1) is 6.42 Å². The van der Waals surface area contributed by atoms with Crippen LogP contribution in [0.1, 0.15) is 29.7 Å². The lowest BCUT2D eigenvalue weighted by atomic mass is 9.93. The van der Waals surface area contributed by atoms with Crippen LogP contribution in [0.5, 0.6) is 5.75 Å². The average molecular weight is 555 g/mol. The Balaban J connectivity index is 1.73. The van der Waals surface area contributed by atoms with Crippen LogP contribution in [-0.4, -0.2) is 23.8 Å². The number of carbonyl (C=O) groups is 1. The Hall–Kier alpha value is -4.38. The molecule has 194 valence electrons. The molecule has 39 heavy (non-hydrogen) atoms. The van der Waals surface area contributed by atoms with Gasteiger partial charge in [0.25, 0.3) is 5.56 Å². The predicted molar refractivity (Wildman–Crippen MR) is 153 cm³/mol. The fourth-order valence-corrected chi connectivity index (χ4v) is 5.46. The Morgan fingerprint density at radius 2 is 1.82 bits per heavy atom. The third-order valence-corrected chi connectivity index (χ3v) is 7.29. The highest BCUT2D eigenvalue weighted by Crippen LogP contribution is 2.35. The van der Waals surface area contributed by atoms with Crippen molar-refractivity contribution in [1.29, 1.82) is 0 Å². The predicted octanol–water partition coefficient (Wildman–Crippen LogP) is 4.60. The maximum atomic E-state index is 13.9. The summed E-state index contributed by atoms with van der Waals surface area (Å²) in [5.41, 5.74) is 2.77. The van der Waals surface area contributed by atoms with Crippen molar-refractivity contribution in [2.75, 3.05) is 13.2 Å². The van der Waals surface area contributed by atoms with Gasteiger partial charge in [0, 0.05) is 10.6 Å². The van der Waals surface area contributed by atoms with Gasteiger partial charge in [-0.2, -0.15) is 0 Å². The highest BCUT2D eigenvalue weighted by atomic mass is 35.5. The van der Waals surface area contributed by atoms with Crippen molar-refractivity contribution in [3.8, 4) is 18.1 Å². The minimum Gasteiger partial charge on any atom is -0.481 e. The molecule has 0 amide bonds. The number of rotatable bonds is 7. The third kappa shape index (κ3) is 5.44. The summed E-state index contributed by atoms with van der Waals surface area (Å²) in [7, 11) is 0. The molecule has 3 aromatic carbocycles. The molecule has 1 aliphatic heterocycles. The number of benzene rings is 3. The van der Waals surface area contributed by atoms with Gasteiger partial charge in [0.1, 0.15) is 12.4 Å². The minimum absolute atomic E-state index is 0.176. The van der Waals surface area contributed by atoms with Crippen LogP contribution in [0.4, 0.5) is 0 Å². The summed E-state index contributed by atoms with van der Waals surface area (Å²) in [5, 5.41) is 0.547. The number of esters is 1. The van der Waals surface area contributed by atoms with E-state index < -0.39 is 12.0 Å². The summed E-state index contributed by atoms with van der Waals surface area (Å²) in [6.45, 7) is 2.11. The first-order valence-corrected chi connectivity index (χ1v) is 13.4. The van der Waals surface area contributed by atoms with Crippen molar-refractivity contribution < 1.29 is 14.3 Å². The largest absolute Gasteiger partial charge is 0.481 e. The fraction of sp³-hybridized carbons (Fsp3) is 0.129. The number of halogens is 1. The van der Waals surface area contributed by atoms with Gasteiger partial charge >= 0.3 is 5.97 Å². The monoisotopic (exact) mass is 554 g/mol. The molecule has 0 bridgehead atoms. The van der Waals surface area contributed by atoms with E-state index in [1.165, 1.54) is 11.3 Å². The zero-order valence-corrected chi connectivity index (χ0v) is 22.5.